The molecule has 0 spiro atoms. The summed E-state index contributed by atoms with van der Waals surface area (Å²) in [5.41, 5.74) is 0.710. The number of hydrogen-bond acceptors (Lipinski definition) is 1. The fraction of sp³-hybridized carbons (Fsp3) is 0.167. The summed E-state index contributed by atoms with van der Waals surface area (Å²) in [5, 5.41) is 0.463. The second-order valence-electron chi connectivity index (χ2n) is 1.30. The Labute approximate surface area is 54.4 Å². The lowest BCUT2D eigenvalue weighted by atomic mass is 10.4. The monoisotopic (exact) mass is 129 g/mol. The van der Waals surface area contributed by atoms with Gasteiger partial charge in [-0.25, -0.2) is 0 Å². The van der Waals surface area contributed by atoms with Gasteiger partial charge in [0.2, 0.25) is 0 Å². The van der Waals surface area contributed by atoms with E-state index in [0.717, 1.165) is 0 Å². The molecule has 0 aliphatic heterocycles. The molecule has 0 saturated carbocycles. The maximum atomic E-state index is 5.43. The van der Waals surface area contributed by atoms with Crippen molar-refractivity contribution in [2.24, 2.45) is 4.99 Å². The van der Waals surface area contributed by atoms with Crippen LogP contribution in [0.15, 0.2) is 29.4 Å². The van der Waals surface area contributed by atoms with E-state index in [0.29, 0.717) is 10.7 Å². The molecule has 0 atom stereocenters. The minimum absolute atomic E-state index is 0.463. The van der Waals surface area contributed by atoms with Crippen molar-refractivity contribution in [1.29, 1.82) is 0 Å². The van der Waals surface area contributed by atoms with Crippen molar-refractivity contribution in [3.05, 3.63) is 24.4 Å². The second-order valence-corrected chi connectivity index (χ2v) is 1.76. The first-order valence-corrected chi connectivity index (χ1v) is 2.56. The first-order valence-electron chi connectivity index (χ1n) is 2.18. The van der Waals surface area contributed by atoms with Crippen LogP contribution >= 0.6 is 11.6 Å². The van der Waals surface area contributed by atoms with E-state index in [1.807, 2.05) is 0 Å². The first kappa shape index (κ1) is 7.44. The molecule has 0 aromatic rings. The zero-order valence-corrected chi connectivity index (χ0v) is 5.57. The molecular formula is C6H8ClN. The summed E-state index contributed by atoms with van der Waals surface area (Å²) in [6.45, 7) is 8.63. The summed E-state index contributed by atoms with van der Waals surface area (Å²) in [5.74, 6) is 0. The van der Waals surface area contributed by atoms with Crippen molar-refractivity contribution >= 4 is 17.3 Å². The molecule has 0 amide bonds. The summed E-state index contributed by atoms with van der Waals surface area (Å²) in [6, 6.07) is 0. The van der Waals surface area contributed by atoms with Gasteiger partial charge in [-0.05, 0) is 6.92 Å². The van der Waals surface area contributed by atoms with Gasteiger partial charge in [-0.1, -0.05) is 24.8 Å². The highest BCUT2D eigenvalue weighted by Crippen LogP contribution is 1.99. The van der Waals surface area contributed by atoms with Gasteiger partial charge in [-0.2, -0.15) is 0 Å². The van der Waals surface area contributed by atoms with Crippen molar-refractivity contribution in [2.45, 2.75) is 6.92 Å². The highest BCUT2D eigenvalue weighted by atomic mass is 35.5. The van der Waals surface area contributed by atoms with E-state index >= 15 is 0 Å². The predicted octanol–water partition coefficient (Wildman–Crippen LogP) is 2.34. The average Bonchev–Trinajstić information content (AvgIpc) is 1.67. The smallest absolute Gasteiger partial charge is 0.0552 e. The number of aliphatic imine (C=N–C) groups is 1. The Balaban J connectivity index is 3.99. The van der Waals surface area contributed by atoms with Gasteiger partial charge < -0.3 is 0 Å². The maximum Gasteiger partial charge on any atom is 0.0552 e. The Morgan fingerprint density at radius 3 is 2.38 bits per heavy atom. The summed E-state index contributed by atoms with van der Waals surface area (Å²) in [4.78, 5) is 3.77. The molecule has 0 N–H and O–H groups in total. The Morgan fingerprint density at radius 2 is 2.25 bits per heavy atom. The third-order valence-electron chi connectivity index (χ3n) is 0.678. The van der Waals surface area contributed by atoms with Crippen molar-refractivity contribution in [3.63, 3.8) is 0 Å². The average molecular weight is 130 g/mol. The van der Waals surface area contributed by atoms with E-state index < -0.39 is 0 Å². The summed E-state index contributed by atoms with van der Waals surface area (Å²) in [6.07, 6.45) is 1.43. The SMILES string of the molecule is C=CN=C(C)C(=C)Cl. The second kappa shape index (κ2) is 3.44. The molecule has 0 heterocycles. The largest absolute Gasteiger partial charge is 0.261 e. The molecule has 0 radical (unpaired) electrons. The molecular weight excluding hydrogens is 122 g/mol. The number of halogens is 1. The third kappa shape index (κ3) is 2.59. The topological polar surface area (TPSA) is 12.4 Å². The lowest BCUT2D eigenvalue weighted by Gasteiger charge is -1.88. The van der Waals surface area contributed by atoms with Crippen LogP contribution in [-0.2, 0) is 0 Å². The minimum atomic E-state index is 0.463. The molecule has 0 aliphatic rings. The molecule has 0 bridgehead atoms. The fourth-order valence-corrected chi connectivity index (χ4v) is 0.256. The maximum absolute atomic E-state index is 5.43. The first-order chi connectivity index (χ1) is 3.68. The standard InChI is InChI=1S/C6H8ClN/c1-4-8-6(3)5(2)7/h4H,1-2H2,3H3. The van der Waals surface area contributed by atoms with Crippen molar-refractivity contribution in [3.8, 4) is 0 Å². The van der Waals surface area contributed by atoms with Crippen LogP contribution in [0.2, 0.25) is 0 Å². The van der Waals surface area contributed by atoms with E-state index in [2.05, 4.69) is 18.2 Å². The predicted molar refractivity (Wildman–Crippen MR) is 38.3 cm³/mol. The third-order valence-corrected chi connectivity index (χ3v) is 0.951. The Bertz CT molecular complexity index is 135. The van der Waals surface area contributed by atoms with Crippen LogP contribution in [0.3, 0.4) is 0 Å². The van der Waals surface area contributed by atoms with Crippen LogP contribution < -0.4 is 0 Å². The van der Waals surface area contributed by atoms with Gasteiger partial charge in [0.15, 0.2) is 0 Å². The van der Waals surface area contributed by atoms with Crippen LogP contribution in [0.4, 0.5) is 0 Å². The molecule has 0 fully saturated rings. The van der Waals surface area contributed by atoms with Gasteiger partial charge in [-0.15, -0.1) is 0 Å². The Kier molecular flexibility index (Phi) is 3.20. The molecule has 44 valence electrons. The normalized spacial score (nSPS) is 11.0. The minimum Gasteiger partial charge on any atom is -0.261 e. The van der Waals surface area contributed by atoms with Crippen LogP contribution in [0, 0.1) is 0 Å². The van der Waals surface area contributed by atoms with Gasteiger partial charge in [0.1, 0.15) is 0 Å². The van der Waals surface area contributed by atoms with Crippen molar-refractivity contribution < 1.29 is 0 Å². The molecule has 0 aliphatic carbocycles. The molecule has 0 saturated heterocycles. The summed E-state index contributed by atoms with van der Waals surface area (Å²) < 4.78 is 0. The highest BCUT2D eigenvalue weighted by molar-refractivity contribution is 6.42. The fourth-order valence-electron chi connectivity index (χ4n) is 0.207. The van der Waals surface area contributed by atoms with Gasteiger partial charge in [0, 0.05) is 6.20 Å². The number of nitrogens with zero attached hydrogens (tertiary/aromatic N) is 1. The van der Waals surface area contributed by atoms with Gasteiger partial charge in [-0.3, -0.25) is 4.99 Å². The molecule has 1 nitrogen and oxygen atoms in total. The number of allylic oxidation sites excluding steroid dienone is 1. The quantitative estimate of drug-likeness (QED) is 0.508. The van der Waals surface area contributed by atoms with Crippen molar-refractivity contribution in [1.82, 2.24) is 0 Å². The lowest BCUT2D eigenvalue weighted by molar-refractivity contribution is 1.55. The van der Waals surface area contributed by atoms with E-state index in [4.69, 9.17) is 11.6 Å². The highest BCUT2D eigenvalue weighted by Gasteiger charge is 1.87. The van der Waals surface area contributed by atoms with Crippen LogP contribution in [0.25, 0.3) is 0 Å². The van der Waals surface area contributed by atoms with Gasteiger partial charge in [0.05, 0.1) is 10.7 Å². The van der Waals surface area contributed by atoms with Crippen LogP contribution in [0.1, 0.15) is 6.92 Å². The molecule has 0 unspecified atom stereocenters. The van der Waals surface area contributed by atoms with Crippen LogP contribution in [-0.4, -0.2) is 5.71 Å². The van der Waals surface area contributed by atoms with Gasteiger partial charge in [0.25, 0.3) is 0 Å². The zero-order valence-electron chi connectivity index (χ0n) is 4.82. The summed E-state index contributed by atoms with van der Waals surface area (Å²) in [7, 11) is 0. The van der Waals surface area contributed by atoms with E-state index in [1.165, 1.54) is 6.20 Å². The number of hydrogen-bond donors (Lipinski definition) is 0. The van der Waals surface area contributed by atoms with E-state index in [9.17, 15) is 0 Å². The Hall–Kier alpha value is -0.560. The number of rotatable bonds is 2. The van der Waals surface area contributed by atoms with Gasteiger partial charge >= 0.3 is 0 Å². The molecule has 0 aromatic carbocycles. The lowest BCUT2D eigenvalue weighted by Crippen LogP contribution is -1.85. The zero-order chi connectivity index (χ0) is 6.57. The molecule has 2 heteroatoms. The molecule has 0 rings (SSSR count). The van der Waals surface area contributed by atoms with Crippen LogP contribution in [0.5, 0.6) is 0 Å². The van der Waals surface area contributed by atoms with Crippen molar-refractivity contribution in [2.75, 3.05) is 0 Å². The molecule has 0 aromatic heterocycles. The Morgan fingerprint density at radius 1 is 1.75 bits per heavy atom. The summed E-state index contributed by atoms with van der Waals surface area (Å²) >= 11 is 5.43. The molecule has 8 heavy (non-hydrogen) atoms. The van der Waals surface area contributed by atoms with E-state index in [1.54, 1.807) is 6.92 Å². The van der Waals surface area contributed by atoms with E-state index in [-0.39, 0.29) is 0 Å².